The molecule has 2 rings (SSSR count). The minimum atomic E-state index is -0.809. The molecule has 1 unspecified atom stereocenters. The molecule has 0 aliphatic rings. The third-order valence-electron chi connectivity index (χ3n) is 2.95. The van der Waals surface area contributed by atoms with Crippen molar-refractivity contribution in [3.63, 3.8) is 0 Å². The molecule has 2 aromatic rings. The third kappa shape index (κ3) is 3.99. The number of primary amides is 1. The lowest BCUT2D eigenvalue weighted by molar-refractivity contribution is -0.121. The van der Waals surface area contributed by atoms with E-state index in [4.69, 9.17) is 22.1 Å². The summed E-state index contributed by atoms with van der Waals surface area (Å²) in [6, 6.07) is 15.5. The maximum atomic E-state index is 11.9. The molecule has 0 spiro atoms. The van der Waals surface area contributed by atoms with E-state index in [1.165, 1.54) is 0 Å². The SMILES string of the molecule is NC(=O)c1ccccc1OCNC(=O)C(Cl)c1ccccc1. The first-order valence-electron chi connectivity index (χ1n) is 6.58. The number of ether oxygens (including phenoxy) is 1. The van der Waals surface area contributed by atoms with Crippen LogP contribution in [0.3, 0.4) is 0 Å². The second kappa shape index (κ2) is 7.47. The molecule has 0 aliphatic carbocycles. The molecule has 0 fully saturated rings. The van der Waals surface area contributed by atoms with Gasteiger partial charge in [-0.25, -0.2) is 0 Å². The minimum Gasteiger partial charge on any atom is -0.472 e. The summed E-state index contributed by atoms with van der Waals surface area (Å²) in [6.45, 7) is -0.112. The largest absolute Gasteiger partial charge is 0.472 e. The fourth-order valence-electron chi connectivity index (χ4n) is 1.84. The molecule has 1 atom stereocenters. The maximum absolute atomic E-state index is 11.9. The van der Waals surface area contributed by atoms with E-state index in [0.717, 1.165) is 0 Å². The molecule has 0 bridgehead atoms. The first-order valence-corrected chi connectivity index (χ1v) is 7.01. The summed E-state index contributed by atoms with van der Waals surface area (Å²) in [5.74, 6) is -0.674. The van der Waals surface area contributed by atoms with E-state index in [2.05, 4.69) is 5.32 Å². The summed E-state index contributed by atoms with van der Waals surface area (Å²) in [4.78, 5) is 23.2. The number of hydrogen-bond acceptors (Lipinski definition) is 3. The Morgan fingerprint density at radius 3 is 2.41 bits per heavy atom. The van der Waals surface area contributed by atoms with Gasteiger partial charge in [-0.2, -0.15) is 0 Å². The van der Waals surface area contributed by atoms with Crippen LogP contribution in [-0.4, -0.2) is 18.5 Å². The first kappa shape index (κ1) is 15.9. The van der Waals surface area contributed by atoms with Gasteiger partial charge in [0.25, 0.3) is 5.91 Å². The van der Waals surface area contributed by atoms with Gasteiger partial charge in [0.1, 0.15) is 11.1 Å². The number of amides is 2. The quantitative estimate of drug-likeness (QED) is 0.633. The zero-order valence-corrected chi connectivity index (χ0v) is 12.4. The molecule has 0 saturated carbocycles. The Labute approximate surface area is 133 Å². The fraction of sp³-hybridized carbons (Fsp3) is 0.125. The van der Waals surface area contributed by atoms with Crippen LogP contribution >= 0.6 is 11.6 Å². The van der Waals surface area contributed by atoms with Crippen LogP contribution in [0.15, 0.2) is 54.6 Å². The normalized spacial score (nSPS) is 11.5. The number of nitrogens with one attached hydrogen (secondary N) is 1. The Morgan fingerprint density at radius 2 is 1.73 bits per heavy atom. The summed E-state index contributed by atoms with van der Waals surface area (Å²) in [7, 11) is 0. The number of carbonyl (C=O) groups excluding carboxylic acids is 2. The average Bonchev–Trinajstić information content (AvgIpc) is 2.55. The standard InChI is InChI=1S/C16H15ClN2O3/c17-14(11-6-2-1-3-7-11)16(21)19-10-22-13-9-5-4-8-12(13)15(18)20/h1-9,14H,10H2,(H2,18,20)(H,19,21). The second-order valence-corrected chi connectivity index (χ2v) is 4.90. The zero-order valence-electron chi connectivity index (χ0n) is 11.7. The van der Waals surface area contributed by atoms with Crippen LogP contribution in [0.1, 0.15) is 21.3 Å². The molecule has 0 aromatic heterocycles. The number of para-hydroxylation sites is 1. The Morgan fingerprint density at radius 1 is 1.09 bits per heavy atom. The predicted molar refractivity (Wildman–Crippen MR) is 83.6 cm³/mol. The lowest BCUT2D eigenvalue weighted by atomic mass is 10.1. The van der Waals surface area contributed by atoms with Crippen molar-refractivity contribution in [2.75, 3.05) is 6.73 Å². The third-order valence-corrected chi connectivity index (χ3v) is 3.40. The molecule has 2 amide bonds. The first-order chi connectivity index (χ1) is 10.6. The van der Waals surface area contributed by atoms with Gasteiger partial charge in [0.05, 0.1) is 5.56 Å². The van der Waals surface area contributed by atoms with Crippen molar-refractivity contribution < 1.29 is 14.3 Å². The number of halogens is 1. The van der Waals surface area contributed by atoms with Gasteiger partial charge in [0.15, 0.2) is 6.73 Å². The lowest BCUT2D eigenvalue weighted by Gasteiger charge is -2.13. The van der Waals surface area contributed by atoms with E-state index >= 15 is 0 Å². The highest BCUT2D eigenvalue weighted by Crippen LogP contribution is 2.20. The molecule has 6 heteroatoms. The Bertz CT molecular complexity index is 661. The van der Waals surface area contributed by atoms with Crippen molar-refractivity contribution in [2.24, 2.45) is 5.73 Å². The van der Waals surface area contributed by atoms with Crippen LogP contribution in [-0.2, 0) is 4.79 Å². The number of rotatable bonds is 6. The summed E-state index contributed by atoms with van der Waals surface area (Å²) in [5.41, 5.74) is 6.19. The number of nitrogens with two attached hydrogens (primary N) is 1. The minimum absolute atomic E-state index is 0.112. The van der Waals surface area contributed by atoms with Gasteiger partial charge in [-0.1, -0.05) is 42.5 Å². The van der Waals surface area contributed by atoms with Crippen LogP contribution in [0.5, 0.6) is 5.75 Å². The Balaban J connectivity index is 1.91. The molecular formula is C16H15ClN2O3. The Hall–Kier alpha value is -2.53. The van der Waals surface area contributed by atoms with Gasteiger partial charge in [-0.15, -0.1) is 11.6 Å². The Kier molecular flexibility index (Phi) is 5.38. The van der Waals surface area contributed by atoms with Crippen LogP contribution in [0.2, 0.25) is 0 Å². The highest BCUT2D eigenvalue weighted by Gasteiger charge is 2.17. The van der Waals surface area contributed by atoms with Crippen LogP contribution < -0.4 is 15.8 Å². The van der Waals surface area contributed by atoms with Gasteiger partial charge in [0, 0.05) is 0 Å². The second-order valence-electron chi connectivity index (χ2n) is 4.46. The highest BCUT2D eigenvalue weighted by molar-refractivity contribution is 6.30. The van der Waals surface area contributed by atoms with E-state index in [1.807, 2.05) is 6.07 Å². The molecular weight excluding hydrogens is 304 g/mol. The monoisotopic (exact) mass is 318 g/mol. The number of benzene rings is 2. The molecule has 0 radical (unpaired) electrons. The fourth-order valence-corrected chi connectivity index (χ4v) is 2.07. The van der Waals surface area contributed by atoms with Crippen molar-refractivity contribution in [1.29, 1.82) is 0 Å². The number of alkyl halides is 1. The van der Waals surface area contributed by atoms with Crippen molar-refractivity contribution in [1.82, 2.24) is 5.32 Å². The van der Waals surface area contributed by atoms with Crippen LogP contribution in [0, 0.1) is 0 Å². The molecule has 0 aliphatic heterocycles. The summed E-state index contributed by atoms with van der Waals surface area (Å²) in [5, 5.41) is 1.74. The van der Waals surface area contributed by atoms with Crippen LogP contribution in [0.4, 0.5) is 0 Å². The van der Waals surface area contributed by atoms with E-state index in [-0.39, 0.29) is 18.2 Å². The highest BCUT2D eigenvalue weighted by atomic mass is 35.5. The van der Waals surface area contributed by atoms with Crippen molar-refractivity contribution in [2.45, 2.75) is 5.38 Å². The van der Waals surface area contributed by atoms with E-state index in [1.54, 1.807) is 48.5 Å². The van der Waals surface area contributed by atoms with Gasteiger partial charge < -0.3 is 15.8 Å². The van der Waals surface area contributed by atoms with Gasteiger partial charge in [-0.3, -0.25) is 9.59 Å². The molecule has 5 nitrogen and oxygen atoms in total. The topological polar surface area (TPSA) is 81.4 Å². The molecule has 0 saturated heterocycles. The van der Waals surface area contributed by atoms with Crippen molar-refractivity contribution >= 4 is 23.4 Å². The summed E-state index contributed by atoms with van der Waals surface area (Å²) >= 11 is 6.08. The molecule has 3 N–H and O–H groups in total. The van der Waals surface area contributed by atoms with Crippen molar-refractivity contribution in [3.8, 4) is 5.75 Å². The number of hydrogen-bond donors (Lipinski definition) is 2. The van der Waals surface area contributed by atoms with E-state index < -0.39 is 11.3 Å². The maximum Gasteiger partial charge on any atom is 0.252 e. The molecule has 114 valence electrons. The van der Waals surface area contributed by atoms with Crippen molar-refractivity contribution in [3.05, 3.63) is 65.7 Å². The van der Waals surface area contributed by atoms with Crippen LogP contribution in [0.25, 0.3) is 0 Å². The predicted octanol–water partition coefficient (Wildman–Crippen LogP) is 2.22. The molecule has 0 heterocycles. The average molecular weight is 319 g/mol. The smallest absolute Gasteiger partial charge is 0.252 e. The molecule has 22 heavy (non-hydrogen) atoms. The number of carbonyl (C=O) groups is 2. The lowest BCUT2D eigenvalue weighted by Crippen LogP contribution is -2.31. The van der Waals surface area contributed by atoms with E-state index in [0.29, 0.717) is 11.3 Å². The zero-order chi connectivity index (χ0) is 15.9. The van der Waals surface area contributed by atoms with Gasteiger partial charge in [0.2, 0.25) is 5.91 Å². The van der Waals surface area contributed by atoms with Gasteiger partial charge in [-0.05, 0) is 17.7 Å². The summed E-state index contributed by atoms with van der Waals surface area (Å²) < 4.78 is 5.36. The van der Waals surface area contributed by atoms with Gasteiger partial charge >= 0.3 is 0 Å². The summed E-state index contributed by atoms with van der Waals surface area (Å²) in [6.07, 6.45) is 0. The molecule has 2 aromatic carbocycles. The van der Waals surface area contributed by atoms with E-state index in [9.17, 15) is 9.59 Å².